The Labute approximate surface area is 68.9 Å². The highest BCUT2D eigenvalue weighted by molar-refractivity contribution is 8.24. The van der Waals surface area contributed by atoms with E-state index in [0.29, 0.717) is 6.54 Å². The van der Waals surface area contributed by atoms with Gasteiger partial charge in [-0.25, -0.2) is 0 Å². The molecule has 0 radical (unpaired) electrons. The molecule has 1 fully saturated rings. The third-order valence-electron chi connectivity index (χ3n) is 1.31. The number of hydrogen-bond donors (Lipinski definition) is 1. The second-order valence-corrected chi connectivity index (χ2v) is 3.99. The molecule has 0 aliphatic carbocycles. The first kappa shape index (κ1) is 7.81. The molecular formula is C5H8N2OS2. The van der Waals surface area contributed by atoms with Gasteiger partial charge < -0.3 is 10.6 Å². The molecule has 0 bridgehead atoms. The minimum atomic E-state index is -0.281. The third kappa shape index (κ3) is 1.41. The van der Waals surface area contributed by atoms with Gasteiger partial charge >= 0.3 is 0 Å². The van der Waals surface area contributed by atoms with Crippen LogP contribution in [0.3, 0.4) is 0 Å². The van der Waals surface area contributed by atoms with Crippen molar-refractivity contribution in [3.63, 3.8) is 0 Å². The molecule has 0 spiro atoms. The summed E-state index contributed by atoms with van der Waals surface area (Å²) in [6.07, 6.45) is 0. The summed E-state index contributed by atoms with van der Waals surface area (Å²) >= 11 is 6.28. The van der Waals surface area contributed by atoms with Crippen LogP contribution in [0.1, 0.15) is 0 Å². The molecule has 1 atom stereocenters. The average molecular weight is 176 g/mol. The van der Waals surface area contributed by atoms with Crippen molar-refractivity contribution >= 4 is 34.2 Å². The lowest BCUT2D eigenvalue weighted by Gasteiger charge is -2.06. The summed E-state index contributed by atoms with van der Waals surface area (Å²) < 4.78 is 0.754. The number of rotatable bonds is 1. The van der Waals surface area contributed by atoms with Crippen molar-refractivity contribution in [3.8, 4) is 0 Å². The lowest BCUT2D eigenvalue weighted by Crippen LogP contribution is -2.29. The van der Waals surface area contributed by atoms with Gasteiger partial charge in [-0.1, -0.05) is 24.0 Å². The van der Waals surface area contributed by atoms with Gasteiger partial charge in [-0.3, -0.25) is 4.79 Å². The highest BCUT2D eigenvalue weighted by atomic mass is 32.2. The van der Waals surface area contributed by atoms with E-state index in [2.05, 4.69) is 0 Å². The number of amides is 1. The van der Waals surface area contributed by atoms with Crippen molar-refractivity contribution in [1.29, 1.82) is 0 Å². The summed E-state index contributed by atoms with van der Waals surface area (Å²) in [4.78, 5) is 12.5. The molecule has 1 saturated heterocycles. The van der Waals surface area contributed by atoms with E-state index in [1.165, 1.54) is 11.8 Å². The van der Waals surface area contributed by atoms with E-state index in [1.807, 2.05) is 11.9 Å². The Kier molecular flexibility index (Phi) is 2.15. The van der Waals surface area contributed by atoms with Gasteiger partial charge in [0.2, 0.25) is 5.91 Å². The van der Waals surface area contributed by atoms with Gasteiger partial charge in [-0.05, 0) is 0 Å². The van der Waals surface area contributed by atoms with Crippen LogP contribution >= 0.6 is 24.0 Å². The molecule has 0 aromatic heterocycles. The Bertz CT molecular complexity index is 182. The number of carbonyl (C=O) groups is 1. The van der Waals surface area contributed by atoms with Crippen molar-refractivity contribution < 1.29 is 4.79 Å². The highest BCUT2D eigenvalue weighted by Crippen LogP contribution is 2.23. The summed E-state index contributed by atoms with van der Waals surface area (Å²) in [6, 6.07) is 0. The van der Waals surface area contributed by atoms with E-state index >= 15 is 0 Å². The summed E-state index contributed by atoms with van der Waals surface area (Å²) in [7, 11) is 1.86. The third-order valence-corrected chi connectivity index (χ3v) is 3.09. The maximum absolute atomic E-state index is 10.6. The Hall–Kier alpha value is -0.290. The van der Waals surface area contributed by atoms with Crippen LogP contribution < -0.4 is 5.73 Å². The SMILES string of the molecule is CN1CC(C(N)=O)SC1=S. The van der Waals surface area contributed by atoms with E-state index in [0.717, 1.165) is 4.32 Å². The fraction of sp³-hybridized carbons (Fsp3) is 0.600. The van der Waals surface area contributed by atoms with Crippen LogP contribution in [0.5, 0.6) is 0 Å². The van der Waals surface area contributed by atoms with Gasteiger partial charge in [0.25, 0.3) is 0 Å². The fourth-order valence-corrected chi connectivity index (χ4v) is 2.06. The predicted octanol–water partition coefficient (Wildman–Crippen LogP) is -0.196. The van der Waals surface area contributed by atoms with E-state index in [-0.39, 0.29) is 11.2 Å². The first-order valence-corrected chi connectivity index (χ1v) is 4.11. The van der Waals surface area contributed by atoms with Gasteiger partial charge in [0.05, 0.1) is 0 Å². The zero-order chi connectivity index (χ0) is 7.72. The largest absolute Gasteiger partial charge is 0.369 e. The zero-order valence-electron chi connectivity index (χ0n) is 5.53. The number of primary amides is 1. The Morgan fingerprint density at radius 2 is 2.60 bits per heavy atom. The van der Waals surface area contributed by atoms with Gasteiger partial charge in [0, 0.05) is 13.6 Å². The quantitative estimate of drug-likeness (QED) is 0.562. The second kappa shape index (κ2) is 2.75. The van der Waals surface area contributed by atoms with Crippen molar-refractivity contribution in [3.05, 3.63) is 0 Å². The molecule has 0 aromatic carbocycles. The predicted molar refractivity (Wildman–Crippen MR) is 45.8 cm³/mol. The first-order valence-electron chi connectivity index (χ1n) is 2.82. The molecule has 1 heterocycles. The topological polar surface area (TPSA) is 46.3 Å². The maximum Gasteiger partial charge on any atom is 0.232 e. The van der Waals surface area contributed by atoms with Crippen molar-refractivity contribution in [2.24, 2.45) is 5.73 Å². The smallest absolute Gasteiger partial charge is 0.232 e. The molecule has 1 amide bonds. The molecule has 1 aliphatic heterocycles. The van der Waals surface area contributed by atoms with Gasteiger partial charge in [0.15, 0.2) is 0 Å². The van der Waals surface area contributed by atoms with Crippen LogP contribution in [0.15, 0.2) is 0 Å². The summed E-state index contributed by atoms with van der Waals surface area (Å²) in [5, 5.41) is -0.141. The molecule has 2 N–H and O–H groups in total. The maximum atomic E-state index is 10.6. The molecule has 56 valence electrons. The number of thiocarbonyl (C=S) groups is 1. The van der Waals surface area contributed by atoms with E-state index in [9.17, 15) is 4.79 Å². The molecule has 1 rings (SSSR count). The van der Waals surface area contributed by atoms with E-state index in [1.54, 1.807) is 0 Å². The molecule has 10 heavy (non-hydrogen) atoms. The minimum Gasteiger partial charge on any atom is -0.369 e. The van der Waals surface area contributed by atoms with Crippen LogP contribution in [-0.2, 0) is 4.79 Å². The Balaban J connectivity index is 2.57. The number of nitrogens with zero attached hydrogens (tertiary/aromatic N) is 1. The molecule has 1 aliphatic rings. The highest BCUT2D eigenvalue weighted by Gasteiger charge is 2.28. The second-order valence-electron chi connectivity index (χ2n) is 2.16. The van der Waals surface area contributed by atoms with Crippen molar-refractivity contribution in [1.82, 2.24) is 4.90 Å². The lowest BCUT2D eigenvalue weighted by molar-refractivity contribution is -0.117. The Morgan fingerprint density at radius 3 is 2.80 bits per heavy atom. The molecule has 3 nitrogen and oxygen atoms in total. The van der Waals surface area contributed by atoms with Crippen LogP contribution in [0.2, 0.25) is 0 Å². The Morgan fingerprint density at radius 1 is 2.00 bits per heavy atom. The molecular weight excluding hydrogens is 168 g/mol. The monoisotopic (exact) mass is 176 g/mol. The van der Waals surface area contributed by atoms with Gasteiger partial charge in [-0.15, -0.1) is 0 Å². The number of carbonyl (C=O) groups excluding carboxylic acids is 1. The molecule has 0 aromatic rings. The number of hydrogen-bond acceptors (Lipinski definition) is 3. The number of thioether (sulfide) groups is 1. The van der Waals surface area contributed by atoms with Gasteiger partial charge in [0.1, 0.15) is 9.57 Å². The summed E-state index contributed by atoms with van der Waals surface area (Å²) in [5.41, 5.74) is 5.08. The molecule has 5 heteroatoms. The summed E-state index contributed by atoms with van der Waals surface area (Å²) in [6.45, 7) is 0.652. The number of nitrogens with two attached hydrogens (primary N) is 1. The van der Waals surface area contributed by atoms with Crippen molar-refractivity contribution in [2.45, 2.75) is 5.25 Å². The average Bonchev–Trinajstić information content (AvgIpc) is 2.13. The summed E-state index contributed by atoms with van der Waals surface area (Å²) in [5.74, 6) is -0.281. The first-order chi connectivity index (χ1) is 4.61. The standard InChI is InChI=1S/C5H8N2OS2/c1-7-2-3(4(6)8)10-5(7)9/h3H,2H2,1H3,(H2,6,8). The van der Waals surface area contributed by atoms with Crippen LogP contribution in [0.4, 0.5) is 0 Å². The lowest BCUT2D eigenvalue weighted by atomic mass is 10.4. The van der Waals surface area contributed by atoms with E-state index in [4.69, 9.17) is 18.0 Å². The minimum absolute atomic E-state index is 0.141. The zero-order valence-corrected chi connectivity index (χ0v) is 7.17. The van der Waals surface area contributed by atoms with Crippen molar-refractivity contribution in [2.75, 3.05) is 13.6 Å². The van der Waals surface area contributed by atoms with E-state index < -0.39 is 0 Å². The fourth-order valence-electron chi connectivity index (χ4n) is 0.720. The molecule has 0 saturated carbocycles. The van der Waals surface area contributed by atoms with Crippen LogP contribution in [0.25, 0.3) is 0 Å². The molecule has 1 unspecified atom stereocenters. The van der Waals surface area contributed by atoms with Gasteiger partial charge in [-0.2, -0.15) is 0 Å². The van der Waals surface area contributed by atoms with Crippen LogP contribution in [-0.4, -0.2) is 34.0 Å². The van der Waals surface area contributed by atoms with Crippen LogP contribution in [0, 0.1) is 0 Å². The normalized spacial score (nSPS) is 25.5.